The van der Waals surface area contributed by atoms with Crippen molar-refractivity contribution in [3.05, 3.63) is 99.3 Å². The van der Waals surface area contributed by atoms with E-state index >= 15 is 0 Å². The molecule has 0 saturated carbocycles. The second-order valence-electron chi connectivity index (χ2n) is 12.4. The van der Waals surface area contributed by atoms with E-state index in [0.29, 0.717) is 57.9 Å². The molecular weight excluding hydrogens is 690 g/mol. The molecule has 7 nitrogen and oxygen atoms in total. The number of carbonyl (C=O) groups excluding carboxylic acids is 2. The number of amides is 2. The molecule has 1 fully saturated rings. The van der Waals surface area contributed by atoms with Gasteiger partial charge in [0.1, 0.15) is 5.75 Å². The van der Waals surface area contributed by atoms with E-state index in [1.54, 1.807) is 36.5 Å². The van der Waals surface area contributed by atoms with Crippen molar-refractivity contribution in [3.63, 3.8) is 0 Å². The Morgan fingerprint density at radius 3 is 2.26 bits per heavy atom. The second-order valence-corrected chi connectivity index (χ2v) is 12.8. The van der Waals surface area contributed by atoms with Crippen molar-refractivity contribution in [3.8, 4) is 5.75 Å². The largest absolute Gasteiger partial charge is 0.508 e. The first-order valence-electron chi connectivity index (χ1n) is 15.8. The minimum absolute atomic E-state index is 0.0321. The van der Waals surface area contributed by atoms with Crippen LogP contribution < -0.4 is 4.90 Å². The Balaban J connectivity index is 1.49. The Morgan fingerprint density at radius 1 is 1.02 bits per heavy atom. The molecule has 266 valence electrons. The summed E-state index contributed by atoms with van der Waals surface area (Å²) in [6, 6.07) is 10.3. The van der Waals surface area contributed by atoms with E-state index in [1.165, 1.54) is 12.1 Å². The predicted molar refractivity (Wildman–Crippen MR) is 174 cm³/mol. The summed E-state index contributed by atoms with van der Waals surface area (Å²) < 4.78 is 81.9. The van der Waals surface area contributed by atoms with Gasteiger partial charge < -0.3 is 15.3 Å². The Morgan fingerprint density at radius 2 is 1.70 bits per heavy atom. The van der Waals surface area contributed by atoms with Gasteiger partial charge in [0, 0.05) is 12.1 Å². The average molecular weight is 723 g/mol. The van der Waals surface area contributed by atoms with Crippen LogP contribution in [0.3, 0.4) is 0 Å². The van der Waals surface area contributed by atoms with Gasteiger partial charge in [0.2, 0.25) is 11.8 Å². The lowest BCUT2D eigenvalue weighted by Crippen LogP contribution is -2.39. The summed E-state index contributed by atoms with van der Waals surface area (Å²) in [5.74, 6) is -5.68. The van der Waals surface area contributed by atoms with Crippen LogP contribution in [0.5, 0.6) is 5.75 Å². The minimum Gasteiger partial charge on any atom is -0.508 e. The molecule has 3 aromatic rings. The van der Waals surface area contributed by atoms with E-state index in [1.807, 2.05) is 6.92 Å². The number of aromatic nitrogens is 1. The maximum absolute atomic E-state index is 13.9. The Hall–Kier alpha value is -4.20. The van der Waals surface area contributed by atoms with Crippen LogP contribution in [0.2, 0.25) is 5.02 Å². The molecule has 50 heavy (non-hydrogen) atoms. The number of allylic oxidation sites excluding steroid dienone is 2. The summed E-state index contributed by atoms with van der Waals surface area (Å²) in [6.07, 6.45) is -7.21. The monoisotopic (exact) mass is 722 g/mol. The summed E-state index contributed by atoms with van der Waals surface area (Å²) in [5.41, 5.74) is -1.52. The van der Waals surface area contributed by atoms with Gasteiger partial charge in [-0.2, -0.15) is 26.3 Å². The van der Waals surface area contributed by atoms with E-state index in [4.69, 9.17) is 11.6 Å². The molecule has 2 heterocycles. The number of aliphatic hydroxyl groups is 2. The van der Waals surface area contributed by atoms with Gasteiger partial charge in [-0.15, -0.1) is 0 Å². The summed E-state index contributed by atoms with van der Waals surface area (Å²) in [5, 5.41) is 32.4. The van der Waals surface area contributed by atoms with Crippen LogP contribution >= 0.6 is 11.6 Å². The van der Waals surface area contributed by atoms with E-state index < -0.39 is 71.4 Å². The van der Waals surface area contributed by atoms with Crippen LogP contribution in [-0.2, 0) is 21.9 Å². The third kappa shape index (κ3) is 7.59. The number of imide groups is 1. The molecule has 0 radical (unpaired) electrons. The number of carbonyl (C=O) groups is 2. The van der Waals surface area contributed by atoms with E-state index in [2.05, 4.69) is 4.98 Å². The predicted octanol–water partition coefficient (Wildman–Crippen LogP) is 8.07. The van der Waals surface area contributed by atoms with Crippen LogP contribution in [0.15, 0.2) is 71.9 Å². The van der Waals surface area contributed by atoms with Gasteiger partial charge in [-0.3, -0.25) is 14.6 Å². The molecule has 0 bridgehead atoms. The number of anilines is 1. The zero-order valence-corrected chi connectivity index (χ0v) is 27.4. The molecule has 0 unspecified atom stereocenters. The number of halogens is 7. The van der Waals surface area contributed by atoms with Crippen LogP contribution in [0.1, 0.15) is 61.4 Å². The number of hydrogen-bond acceptors (Lipinski definition) is 6. The van der Waals surface area contributed by atoms with Gasteiger partial charge in [-0.05, 0) is 97.0 Å². The summed E-state index contributed by atoms with van der Waals surface area (Å²) in [6.45, 7) is 1.13. The first kappa shape index (κ1) is 37.1. The number of aromatic hydroxyl groups is 1. The number of pyridine rings is 1. The van der Waals surface area contributed by atoms with E-state index in [9.17, 15) is 51.3 Å². The fraction of sp³-hybridized carbons (Fsp3) is 0.361. The molecule has 0 spiro atoms. The van der Waals surface area contributed by atoms with Crippen molar-refractivity contribution in [1.82, 2.24) is 4.98 Å². The topological polar surface area (TPSA) is 111 Å². The quantitative estimate of drug-likeness (QED) is 0.111. The molecule has 4 atom stereocenters. The van der Waals surface area contributed by atoms with Crippen molar-refractivity contribution in [2.75, 3.05) is 11.5 Å². The number of phenols is 1. The summed E-state index contributed by atoms with van der Waals surface area (Å²) >= 11 is 6.35. The van der Waals surface area contributed by atoms with E-state index in [-0.39, 0.29) is 36.1 Å². The van der Waals surface area contributed by atoms with Crippen molar-refractivity contribution < 1.29 is 51.3 Å². The lowest BCUT2D eigenvalue weighted by atomic mass is 9.67. The molecule has 2 aromatic carbocycles. The highest BCUT2D eigenvalue weighted by molar-refractivity contribution is 6.32. The summed E-state index contributed by atoms with van der Waals surface area (Å²) in [7, 11) is 0. The highest BCUT2D eigenvalue weighted by Gasteiger charge is 2.55. The molecule has 1 aliphatic carbocycles. The normalized spacial score (nSPS) is 20.8. The third-order valence-corrected chi connectivity index (χ3v) is 9.44. The highest BCUT2D eigenvalue weighted by Crippen LogP contribution is 2.49. The fourth-order valence-electron chi connectivity index (χ4n) is 6.92. The standard InChI is InChI=1S/C36H33ClF6N2O5/c1-2-5-21-13-26-32(34(50)45(33(26)49)24-15-22(35(38,39)40)14-23(16-24)36(41,42)43)27(18-46)31(21)30(48)10-8-20(29-6-3-4-11-44-29)12-19-7-9-25(47)17-28(19)37/h3-4,6-7,9,11-12,14-17,26-27,30,32,46-48H,2,5,8,10,13,18H2,1H3/b20-12-/t26-,27+,30-,32-/m1/s1. The lowest BCUT2D eigenvalue weighted by molar-refractivity contribution is -0.143. The molecule has 3 N–H and O–H groups in total. The Bertz CT molecular complexity index is 1790. The molecule has 5 rings (SSSR count). The maximum atomic E-state index is 13.9. The third-order valence-electron chi connectivity index (χ3n) is 9.12. The van der Waals surface area contributed by atoms with Crippen LogP contribution in [0, 0.1) is 17.8 Å². The van der Waals surface area contributed by atoms with Gasteiger partial charge in [-0.1, -0.05) is 36.6 Å². The number of alkyl halides is 6. The number of benzene rings is 2. The van der Waals surface area contributed by atoms with Gasteiger partial charge in [-0.25, -0.2) is 4.90 Å². The van der Waals surface area contributed by atoms with Crippen LogP contribution in [-0.4, -0.2) is 44.8 Å². The maximum Gasteiger partial charge on any atom is 0.416 e. The Kier molecular flexibility index (Phi) is 10.8. The zero-order chi connectivity index (χ0) is 36.5. The second kappa shape index (κ2) is 14.6. The number of fused-ring (bicyclic) bond motifs is 1. The van der Waals surface area contributed by atoms with Gasteiger partial charge >= 0.3 is 12.4 Å². The van der Waals surface area contributed by atoms with E-state index in [0.717, 1.165) is 0 Å². The van der Waals surface area contributed by atoms with Gasteiger partial charge in [0.25, 0.3) is 0 Å². The Labute approximate surface area is 288 Å². The zero-order valence-electron chi connectivity index (χ0n) is 26.6. The number of aliphatic hydroxyl groups excluding tert-OH is 2. The average Bonchev–Trinajstić information content (AvgIpc) is 3.31. The first-order valence-corrected chi connectivity index (χ1v) is 16.2. The number of phenolic OH excluding ortho intramolecular Hbond substituents is 1. The number of rotatable bonds is 10. The van der Waals surface area contributed by atoms with Gasteiger partial charge in [0.05, 0.1) is 52.1 Å². The smallest absolute Gasteiger partial charge is 0.416 e. The van der Waals surface area contributed by atoms with Gasteiger partial charge in [0.15, 0.2) is 0 Å². The van der Waals surface area contributed by atoms with Crippen molar-refractivity contribution >= 4 is 40.8 Å². The highest BCUT2D eigenvalue weighted by atomic mass is 35.5. The number of nitrogens with zero attached hydrogens (tertiary/aromatic N) is 2. The molecular formula is C36H33ClF6N2O5. The molecule has 2 amide bonds. The minimum atomic E-state index is -5.20. The van der Waals surface area contributed by atoms with Crippen molar-refractivity contribution in [2.45, 2.75) is 57.5 Å². The number of hydrogen-bond donors (Lipinski definition) is 3. The SMILES string of the molecule is CCCC1=C([C@H](O)CC/C(=C/c2ccc(O)cc2Cl)c2ccccn2)[C@H](CO)[C@@H]2C(=O)N(c3cc(C(F)(F)F)cc(C(F)(F)F)c3)C(=O)[C@@H]2C1. The fourth-order valence-corrected chi connectivity index (χ4v) is 7.14. The molecule has 14 heteroatoms. The molecule has 2 aliphatic rings. The first-order chi connectivity index (χ1) is 23.5. The molecule has 1 aromatic heterocycles. The van der Waals surface area contributed by atoms with Crippen molar-refractivity contribution in [1.29, 1.82) is 0 Å². The molecule has 1 aliphatic heterocycles. The summed E-state index contributed by atoms with van der Waals surface area (Å²) in [4.78, 5) is 32.3. The lowest BCUT2D eigenvalue weighted by Gasteiger charge is -2.36. The van der Waals surface area contributed by atoms with Crippen LogP contribution in [0.25, 0.3) is 11.6 Å². The van der Waals surface area contributed by atoms with Crippen molar-refractivity contribution in [2.24, 2.45) is 17.8 Å². The molecule has 1 saturated heterocycles. The van der Waals surface area contributed by atoms with Crippen LogP contribution in [0.4, 0.5) is 32.0 Å².